The molecule has 0 atom stereocenters. The molecule has 0 bridgehead atoms. The van der Waals surface area contributed by atoms with E-state index < -0.39 is 0 Å². The molecule has 1 aromatic carbocycles. The van der Waals surface area contributed by atoms with E-state index in [2.05, 4.69) is 20.9 Å². The van der Waals surface area contributed by atoms with Crippen molar-refractivity contribution in [2.45, 2.75) is 38.5 Å². The summed E-state index contributed by atoms with van der Waals surface area (Å²) in [4.78, 5) is 16.4. The standard InChI is InChI=1S/C20H30N4O3/c1-21-20(23-11-10-22-19(25)15-6-3-2-4-7-15)24-16-8-9-17-18(14-16)27-13-5-12-26-17/h8-9,14-15H,2-7,10-13H2,1H3,(H,22,25)(H2,21,23,24). The highest BCUT2D eigenvalue weighted by Crippen LogP contribution is 2.32. The first-order valence-corrected chi connectivity index (χ1v) is 9.91. The van der Waals surface area contributed by atoms with Gasteiger partial charge in [0, 0.05) is 44.2 Å². The number of benzene rings is 1. The van der Waals surface area contributed by atoms with Crippen molar-refractivity contribution in [2.75, 3.05) is 38.7 Å². The SMILES string of the molecule is CN=C(NCCNC(=O)C1CCCCC1)Nc1ccc2c(c1)OCCCO2. The summed E-state index contributed by atoms with van der Waals surface area (Å²) in [6.07, 6.45) is 6.52. The quantitative estimate of drug-likeness (QED) is 0.419. The average molecular weight is 374 g/mol. The zero-order chi connectivity index (χ0) is 18.9. The largest absolute Gasteiger partial charge is 0.490 e. The Balaban J connectivity index is 1.43. The molecule has 1 amide bonds. The summed E-state index contributed by atoms with van der Waals surface area (Å²) in [7, 11) is 1.72. The number of guanidine groups is 1. The normalized spacial score (nSPS) is 17.7. The van der Waals surface area contributed by atoms with Crippen molar-refractivity contribution < 1.29 is 14.3 Å². The number of rotatable bonds is 5. The van der Waals surface area contributed by atoms with E-state index in [1.165, 1.54) is 19.3 Å². The van der Waals surface area contributed by atoms with Gasteiger partial charge in [-0.2, -0.15) is 0 Å². The lowest BCUT2D eigenvalue weighted by Gasteiger charge is -2.21. The lowest BCUT2D eigenvalue weighted by Crippen LogP contribution is -2.40. The van der Waals surface area contributed by atoms with Crippen LogP contribution < -0.4 is 25.4 Å². The minimum absolute atomic E-state index is 0.183. The summed E-state index contributed by atoms with van der Waals surface area (Å²) in [5.41, 5.74) is 0.874. The molecule has 1 heterocycles. The molecule has 1 aliphatic carbocycles. The van der Waals surface area contributed by atoms with Crippen LogP contribution in [0.5, 0.6) is 11.5 Å². The summed E-state index contributed by atoms with van der Waals surface area (Å²) in [5, 5.41) is 9.48. The fourth-order valence-corrected chi connectivity index (χ4v) is 3.43. The van der Waals surface area contributed by atoms with Crippen molar-refractivity contribution in [1.82, 2.24) is 10.6 Å². The van der Waals surface area contributed by atoms with Crippen LogP contribution in [0.4, 0.5) is 5.69 Å². The molecule has 2 aliphatic rings. The van der Waals surface area contributed by atoms with Gasteiger partial charge in [0.25, 0.3) is 0 Å². The maximum absolute atomic E-state index is 12.2. The maximum Gasteiger partial charge on any atom is 0.223 e. The van der Waals surface area contributed by atoms with Crippen LogP contribution in [0.1, 0.15) is 38.5 Å². The molecule has 7 nitrogen and oxygen atoms in total. The van der Waals surface area contributed by atoms with E-state index in [0.29, 0.717) is 32.3 Å². The molecule has 27 heavy (non-hydrogen) atoms. The second-order valence-corrected chi connectivity index (χ2v) is 6.96. The number of amides is 1. The highest BCUT2D eigenvalue weighted by molar-refractivity contribution is 5.93. The van der Waals surface area contributed by atoms with Crippen LogP contribution >= 0.6 is 0 Å². The van der Waals surface area contributed by atoms with Gasteiger partial charge in [-0.1, -0.05) is 19.3 Å². The molecule has 1 aliphatic heterocycles. The van der Waals surface area contributed by atoms with Crippen molar-refractivity contribution in [1.29, 1.82) is 0 Å². The van der Waals surface area contributed by atoms with Gasteiger partial charge in [0.1, 0.15) is 0 Å². The van der Waals surface area contributed by atoms with Crippen LogP contribution in [0.3, 0.4) is 0 Å². The summed E-state index contributed by atoms with van der Waals surface area (Å²) in [6.45, 7) is 2.53. The molecular formula is C20H30N4O3. The number of hydrogen-bond acceptors (Lipinski definition) is 4. The van der Waals surface area contributed by atoms with Crippen LogP contribution in [-0.2, 0) is 4.79 Å². The molecule has 0 saturated heterocycles. The third-order valence-corrected chi connectivity index (χ3v) is 4.93. The van der Waals surface area contributed by atoms with E-state index in [9.17, 15) is 4.79 Å². The molecule has 1 fully saturated rings. The Kier molecular flexibility index (Phi) is 7.19. The van der Waals surface area contributed by atoms with Gasteiger partial charge in [0.05, 0.1) is 13.2 Å². The molecule has 0 unspecified atom stereocenters. The van der Waals surface area contributed by atoms with Gasteiger partial charge in [0.2, 0.25) is 5.91 Å². The lowest BCUT2D eigenvalue weighted by atomic mass is 9.89. The van der Waals surface area contributed by atoms with E-state index in [4.69, 9.17) is 9.47 Å². The molecule has 148 valence electrons. The maximum atomic E-state index is 12.2. The predicted octanol–water partition coefficient (Wildman–Crippen LogP) is 2.53. The zero-order valence-electron chi connectivity index (χ0n) is 16.1. The Morgan fingerprint density at radius 1 is 1.04 bits per heavy atom. The van der Waals surface area contributed by atoms with Gasteiger partial charge in [0.15, 0.2) is 17.5 Å². The van der Waals surface area contributed by atoms with E-state index in [0.717, 1.165) is 36.4 Å². The van der Waals surface area contributed by atoms with Crippen molar-refractivity contribution in [3.8, 4) is 11.5 Å². The number of aliphatic imine (C=N–C) groups is 1. The van der Waals surface area contributed by atoms with Gasteiger partial charge >= 0.3 is 0 Å². The fourth-order valence-electron chi connectivity index (χ4n) is 3.43. The van der Waals surface area contributed by atoms with Crippen molar-refractivity contribution in [3.05, 3.63) is 18.2 Å². The van der Waals surface area contributed by atoms with Gasteiger partial charge in [-0.25, -0.2) is 0 Å². The van der Waals surface area contributed by atoms with Crippen LogP contribution in [0, 0.1) is 5.92 Å². The minimum atomic E-state index is 0.183. The van der Waals surface area contributed by atoms with Crippen molar-refractivity contribution >= 4 is 17.6 Å². The lowest BCUT2D eigenvalue weighted by molar-refractivity contribution is -0.125. The Morgan fingerprint density at radius 2 is 1.78 bits per heavy atom. The molecule has 3 rings (SSSR count). The molecule has 3 N–H and O–H groups in total. The van der Waals surface area contributed by atoms with E-state index in [-0.39, 0.29) is 11.8 Å². The summed E-state index contributed by atoms with van der Waals surface area (Å²) >= 11 is 0. The zero-order valence-corrected chi connectivity index (χ0v) is 16.1. The smallest absolute Gasteiger partial charge is 0.223 e. The number of nitrogens with zero attached hydrogens (tertiary/aromatic N) is 1. The van der Waals surface area contributed by atoms with Crippen LogP contribution in [0.15, 0.2) is 23.2 Å². The highest BCUT2D eigenvalue weighted by Gasteiger charge is 2.20. The van der Waals surface area contributed by atoms with Crippen molar-refractivity contribution in [3.63, 3.8) is 0 Å². The van der Waals surface area contributed by atoms with E-state index in [1.807, 2.05) is 18.2 Å². The van der Waals surface area contributed by atoms with Crippen LogP contribution in [0.2, 0.25) is 0 Å². The van der Waals surface area contributed by atoms with Crippen LogP contribution in [-0.4, -0.2) is 45.2 Å². The van der Waals surface area contributed by atoms with E-state index >= 15 is 0 Å². The topological polar surface area (TPSA) is 84.0 Å². The number of carbonyl (C=O) groups is 1. The molecular weight excluding hydrogens is 344 g/mol. The van der Waals surface area contributed by atoms with Gasteiger partial charge < -0.3 is 25.4 Å². The molecule has 1 aromatic rings. The van der Waals surface area contributed by atoms with Crippen LogP contribution in [0.25, 0.3) is 0 Å². The third-order valence-electron chi connectivity index (χ3n) is 4.93. The Labute approximate surface area is 160 Å². The van der Waals surface area contributed by atoms with Gasteiger partial charge in [-0.05, 0) is 25.0 Å². The highest BCUT2D eigenvalue weighted by atomic mass is 16.5. The Hall–Kier alpha value is -2.44. The monoisotopic (exact) mass is 374 g/mol. The van der Waals surface area contributed by atoms with Crippen molar-refractivity contribution in [2.24, 2.45) is 10.9 Å². The second kappa shape index (κ2) is 10.0. The Bertz CT molecular complexity index is 657. The number of nitrogens with one attached hydrogen (secondary N) is 3. The first kappa shape index (κ1) is 19.3. The predicted molar refractivity (Wildman–Crippen MR) is 107 cm³/mol. The first-order valence-electron chi connectivity index (χ1n) is 9.91. The molecule has 0 aromatic heterocycles. The summed E-state index contributed by atoms with van der Waals surface area (Å²) in [5.74, 6) is 2.54. The van der Waals surface area contributed by atoms with Gasteiger partial charge in [-0.3, -0.25) is 9.79 Å². The second-order valence-electron chi connectivity index (χ2n) is 6.96. The molecule has 0 spiro atoms. The average Bonchev–Trinajstić information content (AvgIpc) is 2.95. The first-order chi connectivity index (χ1) is 13.3. The van der Waals surface area contributed by atoms with E-state index in [1.54, 1.807) is 7.05 Å². The minimum Gasteiger partial charge on any atom is -0.490 e. The fraction of sp³-hybridized carbons (Fsp3) is 0.600. The Morgan fingerprint density at radius 3 is 2.56 bits per heavy atom. The third kappa shape index (κ3) is 5.77. The number of ether oxygens (including phenoxy) is 2. The number of anilines is 1. The van der Waals surface area contributed by atoms with Gasteiger partial charge in [-0.15, -0.1) is 0 Å². The molecule has 0 radical (unpaired) electrons. The molecule has 7 heteroatoms. The summed E-state index contributed by atoms with van der Waals surface area (Å²) < 4.78 is 11.4. The summed E-state index contributed by atoms with van der Waals surface area (Å²) in [6, 6.07) is 5.75. The molecule has 1 saturated carbocycles. The number of fused-ring (bicyclic) bond motifs is 1. The number of hydrogen-bond donors (Lipinski definition) is 3. The number of carbonyl (C=O) groups excluding carboxylic acids is 1.